The number of rotatable bonds is 5. The van der Waals surface area contributed by atoms with Crippen molar-refractivity contribution < 1.29 is 9.53 Å². The minimum Gasteiger partial charge on any atom is -0.492 e. The number of nitrogens with zero attached hydrogens (tertiary/aromatic N) is 1. The summed E-state index contributed by atoms with van der Waals surface area (Å²) in [5, 5.41) is 2.78. The van der Waals surface area contributed by atoms with Gasteiger partial charge in [-0.05, 0) is 31.5 Å². The Bertz CT molecular complexity index is 366. The summed E-state index contributed by atoms with van der Waals surface area (Å²) in [7, 11) is 1.76. The zero-order valence-corrected chi connectivity index (χ0v) is 10.7. The van der Waals surface area contributed by atoms with Gasteiger partial charge in [0, 0.05) is 13.6 Å². The highest BCUT2D eigenvalue weighted by molar-refractivity contribution is 5.73. The molecule has 0 saturated carbocycles. The van der Waals surface area contributed by atoms with Gasteiger partial charge >= 0.3 is 6.03 Å². The molecule has 0 aliphatic rings. The van der Waals surface area contributed by atoms with Crippen molar-refractivity contribution in [2.24, 2.45) is 0 Å². The second kappa shape index (κ2) is 6.78. The van der Waals surface area contributed by atoms with Gasteiger partial charge in [0.15, 0.2) is 0 Å². The van der Waals surface area contributed by atoms with Crippen molar-refractivity contribution in [3.63, 3.8) is 0 Å². The molecule has 4 heteroatoms. The predicted molar refractivity (Wildman–Crippen MR) is 68.4 cm³/mol. The van der Waals surface area contributed by atoms with Gasteiger partial charge in [-0.25, -0.2) is 4.79 Å². The molecule has 17 heavy (non-hydrogen) atoms. The molecule has 1 aromatic carbocycles. The van der Waals surface area contributed by atoms with Gasteiger partial charge in [-0.2, -0.15) is 0 Å². The molecular formula is C13H20N2O2. The zero-order valence-electron chi connectivity index (χ0n) is 10.7. The van der Waals surface area contributed by atoms with Crippen LogP contribution in [0.25, 0.3) is 0 Å². The average molecular weight is 236 g/mol. The number of benzene rings is 1. The number of hydrogen-bond acceptors (Lipinski definition) is 2. The van der Waals surface area contributed by atoms with E-state index >= 15 is 0 Å². The highest BCUT2D eigenvalue weighted by Gasteiger charge is 2.04. The highest BCUT2D eigenvalue weighted by Crippen LogP contribution is 2.11. The molecule has 1 rings (SSSR count). The maximum atomic E-state index is 11.4. The standard InChI is InChI=1S/C13H20N2O2/c1-4-15(3)13(16)14-8-9-17-12-7-5-6-11(2)10-12/h5-7,10H,4,8-9H2,1-3H3,(H,14,16). The van der Waals surface area contributed by atoms with Crippen LogP contribution in [0.3, 0.4) is 0 Å². The zero-order chi connectivity index (χ0) is 12.7. The van der Waals surface area contributed by atoms with E-state index in [9.17, 15) is 4.79 Å². The van der Waals surface area contributed by atoms with Crippen LogP contribution in [0.4, 0.5) is 4.79 Å². The molecule has 0 aliphatic heterocycles. The van der Waals surface area contributed by atoms with Gasteiger partial charge in [-0.15, -0.1) is 0 Å². The first kappa shape index (κ1) is 13.4. The summed E-state index contributed by atoms with van der Waals surface area (Å²) in [4.78, 5) is 13.0. The number of carbonyl (C=O) groups is 1. The smallest absolute Gasteiger partial charge is 0.317 e. The molecule has 1 N–H and O–H groups in total. The van der Waals surface area contributed by atoms with Crippen molar-refractivity contribution >= 4 is 6.03 Å². The molecule has 1 aromatic rings. The molecule has 0 aliphatic carbocycles. The number of ether oxygens (including phenoxy) is 1. The molecular weight excluding hydrogens is 216 g/mol. The van der Waals surface area contributed by atoms with E-state index < -0.39 is 0 Å². The van der Waals surface area contributed by atoms with Crippen LogP contribution in [0.2, 0.25) is 0 Å². The van der Waals surface area contributed by atoms with E-state index in [1.54, 1.807) is 11.9 Å². The molecule has 0 aromatic heterocycles. The molecule has 0 heterocycles. The predicted octanol–water partition coefficient (Wildman–Crippen LogP) is 2.04. The Morgan fingerprint density at radius 3 is 2.88 bits per heavy atom. The van der Waals surface area contributed by atoms with E-state index in [0.29, 0.717) is 19.7 Å². The summed E-state index contributed by atoms with van der Waals surface area (Å²) >= 11 is 0. The number of nitrogens with one attached hydrogen (secondary N) is 1. The first-order chi connectivity index (χ1) is 8.13. The second-order valence-electron chi connectivity index (χ2n) is 3.91. The Kier molecular flexibility index (Phi) is 5.33. The van der Waals surface area contributed by atoms with Crippen LogP contribution in [-0.4, -0.2) is 37.7 Å². The molecule has 0 unspecified atom stereocenters. The number of amides is 2. The van der Waals surface area contributed by atoms with Crippen molar-refractivity contribution in [2.45, 2.75) is 13.8 Å². The SMILES string of the molecule is CCN(C)C(=O)NCCOc1cccc(C)c1. The number of urea groups is 1. The van der Waals surface area contributed by atoms with Gasteiger partial charge in [-0.1, -0.05) is 12.1 Å². The summed E-state index contributed by atoms with van der Waals surface area (Å²) in [5.74, 6) is 0.836. The summed E-state index contributed by atoms with van der Waals surface area (Å²) in [5.41, 5.74) is 1.16. The van der Waals surface area contributed by atoms with Crippen LogP contribution < -0.4 is 10.1 Å². The van der Waals surface area contributed by atoms with E-state index in [-0.39, 0.29) is 6.03 Å². The topological polar surface area (TPSA) is 41.6 Å². The van der Waals surface area contributed by atoms with Crippen molar-refractivity contribution in [1.29, 1.82) is 0 Å². The van der Waals surface area contributed by atoms with E-state index in [2.05, 4.69) is 5.32 Å². The Morgan fingerprint density at radius 2 is 2.24 bits per heavy atom. The lowest BCUT2D eigenvalue weighted by Gasteiger charge is -2.15. The largest absolute Gasteiger partial charge is 0.492 e. The third-order valence-corrected chi connectivity index (χ3v) is 2.46. The summed E-state index contributed by atoms with van der Waals surface area (Å²) < 4.78 is 5.52. The lowest BCUT2D eigenvalue weighted by molar-refractivity contribution is 0.207. The first-order valence-corrected chi connectivity index (χ1v) is 5.82. The van der Waals surface area contributed by atoms with Crippen LogP contribution in [0.15, 0.2) is 24.3 Å². The van der Waals surface area contributed by atoms with Gasteiger partial charge in [0.1, 0.15) is 12.4 Å². The molecule has 0 saturated heterocycles. The Hall–Kier alpha value is -1.71. The maximum Gasteiger partial charge on any atom is 0.317 e. The van der Waals surface area contributed by atoms with Gasteiger partial charge < -0.3 is 15.0 Å². The van der Waals surface area contributed by atoms with Crippen molar-refractivity contribution in [3.05, 3.63) is 29.8 Å². The fourth-order valence-corrected chi connectivity index (χ4v) is 1.31. The molecule has 4 nitrogen and oxygen atoms in total. The van der Waals surface area contributed by atoms with Crippen molar-refractivity contribution in [3.8, 4) is 5.75 Å². The minimum atomic E-state index is -0.0691. The minimum absolute atomic E-state index is 0.0691. The first-order valence-electron chi connectivity index (χ1n) is 5.82. The van der Waals surface area contributed by atoms with Gasteiger partial charge in [0.2, 0.25) is 0 Å². The second-order valence-corrected chi connectivity index (χ2v) is 3.91. The number of aryl methyl sites for hydroxylation is 1. The maximum absolute atomic E-state index is 11.4. The summed E-state index contributed by atoms with van der Waals surface area (Å²) in [6.45, 7) is 5.64. The molecule has 0 spiro atoms. The van der Waals surface area contributed by atoms with Crippen LogP contribution >= 0.6 is 0 Å². The lowest BCUT2D eigenvalue weighted by Crippen LogP contribution is -2.38. The van der Waals surface area contributed by atoms with Crippen LogP contribution in [0.5, 0.6) is 5.75 Å². The summed E-state index contributed by atoms with van der Waals surface area (Å²) in [6, 6.07) is 7.78. The Balaban J connectivity index is 2.22. The fourth-order valence-electron chi connectivity index (χ4n) is 1.31. The fraction of sp³-hybridized carbons (Fsp3) is 0.462. The van der Waals surface area contributed by atoms with Crippen molar-refractivity contribution in [1.82, 2.24) is 10.2 Å². The van der Waals surface area contributed by atoms with Crippen LogP contribution in [0.1, 0.15) is 12.5 Å². The van der Waals surface area contributed by atoms with E-state index in [0.717, 1.165) is 11.3 Å². The number of carbonyl (C=O) groups excluding carboxylic acids is 1. The van der Waals surface area contributed by atoms with E-state index in [1.807, 2.05) is 38.1 Å². The van der Waals surface area contributed by atoms with Gasteiger partial charge in [0.05, 0.1) is 6.54 Å². The molecule has 0 fully saturated rings. The van der Waals surface area contributed by atoms with Crippen molar-refractivity contribution in [2.75, 3.05) is 26.7 Å². The Labute approximate surface area is 103 Å². The normalized spacial score (nSPS) is 9.82. The van der Waals surface area contributed by atoms with Crippen LogP contribution in [-0.2, 0) is 0 Å². The van der Waals surface area contributed by atoms with Crippen LogP contribution in [0, 0.1) is 6.92 Å². The molecule has 0 atom stereocenters. The molecule has 94 valence electrons. The molecule has 0 bridgehead atoms. The van der Waals surface area contributed by atoms with E-state index in [4.69, 9.17) is 4.74 Å². The number of hydrogen-bond donors (Lipinski definition) is 1. The molecule has 2 amide bonds. The highest BCUT2D eigenvalue weighted by atomic mass is 16.5. The van der Waals surface area contributed by atoms with Gasteiger partial charge in [0.25, 0.3) is 0 Å². The third-order valence-electron chi connectivity index (χ3n) is 2.46. The summed E-state index contributed by atoms with van der Waals surface area (Å²) in [6.07, 6.45) is 0. The van der Waals surface area contributed by atoms with E-state index in [1.165, 1.54) is 0 Å². The molecule has 0 radical (unpaired) electrons. The average Bonchev–Trinajstić information content (AvgIpc) is 2.33. The monoisotopic (exact) mass is 236 g/mol. The third kappa shape index (κ3) is 4.76. The lowest BCUT2D eigenvalue weighted by atomic mass is 10.2. The quantitative estimate of drug-likeness (QED) is 0.795. The Morgan fingerprint density at radius 1 is 1.47 bits per heavy atom. The van der Waals surface area contributed by atoms with Gasteiger partial charge in [-0.3, -0.25) is 0 Å².